The quantitative estimate of drug-likeness (QED) is 0.832. The lowest BCUT2D eigenvalue weighted by atomic mass is 9.98. The lowest BCUT2D eigenvalue weighted by molar-refractivity contribution is -0.135. The highest BCUT2D eigenvalue weighted by Crippen LogP contribution is 2.21. The number of halogens is 2. The van der Waals surface area contributed by atoms with Gasteiger partial charge in [0.2, 0.25) is 5.91 Å². The van der Waals surface area contributed by atoms with Crippen LogP contribution in [0.2, 0.25) is 0 Å². The zero-order valence-electron chi connectivity index (χ0n) is 13.3. The van der Waals surface area contributed by atoms with Crippen molar-refractivity contribution in [2.24, 2.45) is 11.8 Å². The Balaban J connectivity index is 0.00000200. The smallest absolute Gasteiger partial charge is 0.226 e. The van der Waals surface area contributed by atoms with Crippen LogP contribution < -0.4 is 5.32 Å². The van der Waals surface area contributed by atoms with E-state index >= 15 is 0 Å². The molecule has 0 aromatic heterocycles. The van der Waals surface area contributed by atoms with E-state index < -0.39 is 0 Å². The Morgan fingerprint density at radius 2 is 1.95 bits per heavy atom. The van der Waals surface area contributed by atoms with E-state index in [9.17, 15) is 4.79 Å². The number of hydrogen-bond acceptors (Lipinski definition) is 3. The Bertz CT molecular complexity index is 295. The van der Waals surface area contributed by atoms with Crippen LogP contribution in [0.25, 0.3) is 0 Å². The predicted molar refractivity (Wildman–Crippen MR) is 92.6 cm³/mol. The third-order valence-corrected chi connectivity index (χ3v) is 4.65. The fraction of sp³-hybridized carbons (Fsp3) is 0.933. The molecule has 0 radical (unpaired) electrons. The first-order chi connectivity index (χ1) is 9.24. The second-order valence-electron chi connectivity index (χ2n) is 5.97. The van der Waals surface area contributed by atoms with Gasteiger partial charge >= 0.3 is 0 Å². The van der Waals surface area contributed by atoms with Crippen LogP contribution in [0.4, 0.5) is 0 Å². The summed E-state index contributed by atoms with van der Waals surface area (Å²) in [5.74, 6) is 1.32. The first kappa shape index (κ1) is 21.0. The van der Waals surface area contributed by atoms with E-state index in [1.165, 1.54) is 6.42 Å². The van der Waals surface area contributed by atoms with Gasteiger partial charge < -0.3 is 15.1 Å². The highest BCUT2D eigenvalue weighted by molar-refractivity contribution is 5.85. The fourth-order valence-electron chi connectivity index (χ4n) is 3.35. The van der Waals surface area contributed by atoms with Crippen molar-refractivity contribution in [2.45, 2.75) is 33.1 Å². The molecule has 2 saturated heterocycles. The minimum Gasteiger partial charge on any atom is -0.342 e. The fourth-order valence-corrected chi connectivity index (χ4v) is 3.35. The SMILES string of the molecule is CCN(CC)CC1CCN(C(=O)C2CCCNC2)C1.Cl.Cl. The van der Waals surface area contributed by atoms with Crippen molar-refractivity contribution in [1.82, 2.24) is 15.1 Å². The number of amides is 1. The topological polar surface area (TPSA) is 35.6 Å². The number of carbonyl (C=O) groups is 1. The van der Waals surface area contributed by atoms with Crippen LogP contribution in [-0.2, 0) is 4.79 Å². The van der Waals surface area contributed by atoms with Crippen LogP contribution in [0.15, 0.2) is 0 Å². The van der Waals surface area contributed by atoms with Gasteiger partial charge in [0.15, 0.2) is 0 Å². The van der Waals surface area contributed by atoms with Crippen molar-refractivity contribution in [3.05, 3.63) is 0 Å². The molecule has 0 saturated carbocycles. The van der Waals surface area contributed by atoms with E-state index in [4.69, 9.17) is 0 Å². The van der Waals surface area contributed by atoms with E-state index in [2.05, 4.69) is 29.0 Å². The molecule has 0 aromatic rings. The minimum atomic E-state index is 0. The van der Waals surface area contributed by atoms with Crippen LogP contribution in [0.3, 0.4) is 0 Å². The van der Waals surface area contributed by atoms with Gasteiger partial charge in [-0.25, -0.2) is 0 Å². The highest BCUT2D eigenvalue weighted by Gasteiger charge is 2.31. The summed E-state index contributed by atoms with van der Waals surface area (Å²) in [6.45, 7) is 11.7. The molecule has 126 valence electrons. The van der Waals surface area contributed by atoms with E-state index in [-0.39, 0.29) is 30.7 Å². The third-order valence-electron chi connectivity index (χ3n) is 4.65. The number of piperidine rings is 1. The van der Waals surface area contributed by atoms with E-state index in [1.54, 1.807) is 0 Å². The van der Waals surface area contributed by atoms with E-state index in [0.29, 0.717) is 11.8 Å². The van der Waals surface area contributed by atoms with Crippen LogP contribution in [0, 0.1) is 11.8 Å². The largest absolute Gasteiger partial charge is 0.342 e. The monoisotopic (exact) mass is 339 g/mol. The summed E-state index contributed by atoms with van der Waals surface area (Å²) in [6, 6.07) is 0. The molecular formula is C15H31Cl2N3O. The second kappa shape index (κ2) is 10.7. The molecule has 2 atom stereocenters. The predicted octanol–water partition coefficient (Wildman–Crippen LogP) is 2.02. The molecule has 6 heteroatoms. The molecule has 2 aliphatic rings. The second-order valence-corrected chi connectivity index (χ2v) is 5.97. The van der Waals surface area contributed by atoms with Crippen molar-refractivity contribution in [3.8, 4) is 0 Å². The number of nitrogens with zero attached hydrogens (tertiary/aromatic N) is 2. The van der Waals surface area contributed by atoms with Crippen LogP contribution in [0.1, 0.15) is 33.1 Å². The maximum Gasteiger partial charge on any atom is 0.226 e. The Labute approximate surface area is 141 Å². The average molecular weight is 340 g/mol. The van der Waals surface area contributed by atoms with Crippen LogP contribution in [0.5, 0.6) is 0 Å². The maximum absolute atomic E-state index is 12.4. The number of nitrogens with one attached hydrogen (secondary N) is 1. The van der Waals surface area contributed by atoms with Gasteiger partial charge in [-0.2, -0.15) is 0 Å². The molecule has 1 N–H and O–H groups in total. The number of likely N-dealkylation sites (tertiary alicyclic amines) is 1. The van der Waals surface area contributed by atoms with Crippen LogP contribution >= 0.6 is 24.8 Å². The van der Waals surface area contributed by atoms with Crippen molar-refractivity contribution in [1.29, 1.82) is 0 Å². The van der Waals surface area contributed by atoms with Crippen molar-refractivity contribution < 1.29 is 4.79 Å². The molecule has 2 heterocycles. The molecule has 0 aliphatic carbocycles. The minimum absolute atomic E-state index is 0. The molecule has 0 aromatic carbocycles. The summed E-state index contributed by atoms with van der Waals surface area (Å²) in [4.78, 5) is 17.0. The van der Waals surface area contributed by atoms with Crippen molar-refractivity contribution in [3.63, 3.8) is 0 Å². The molecule has 2 aliphatic heterocycles. The average Bonchev–Trinajstić information content (AvgIpc) is 2.93. The first-order valence-electron chi connectivity index (χ1n) is 7.96. The number of rotatable bonds is 5. The molecule has 4 nitrogen and oxygen atoms in total. The molecule has 0 bridgehead atoms. The van der Waals surface area contributed by atoms with Gasteiger partial charge in [0.25, 0.3) is 0 Å². The van der Waals surface area contributed by atoms with Crippen molar-refractivity contribution >= 4 is 30.7 Å². The van der Waals surface area contributed by atoms with E-state index in [1.807, 2.05) is 0 Å². The standard InChI is InChI=1S/C15H29N3O.2ClH/c1-3-17(4-2)11-13-7-9-18(12-13)15(19)14-6-5-8-16-10-14;;/h13-14,16H,3-12H2,1-2H3;2*1H. The zero-order chi connectivity index (χ0) is 13.7. The first-order valence-corrected chi connectivity index (χ1v) is 7.96. The van der Waals surface area contributed by atoms with Crippen LogP contribution in [-0.4, -0.2) is 61.5 Å². The third kappa shape index (κ3) is 5.93. The maximum atomic E-state index is 12.4. The van der Waals surface area contributed by atoms with Gasteiger partial charge in [-0.15, -0.1) is 24.8 Å². The molecule has 1 amide bonds. The summed E-state index contributed by atoms with van der Waals surface area (Å²) >= 11 is 0. The summed E-state index contributed by atoms with van der Waals surface area (Å²) in [7, 11) is 0. The summed E-state index contributed by atoms with van der Waals surface area (Å²) in [5, 5.41) is 3.35. The summed E-state index contributed by atoms with van der Waals surface area (Å²) < 4.78 is 0. The van der Waals surface area contributed by atoms with Gasteiger partial charge in [0.1, 0.15) is 0 Å². The summed E-state index contributed by atoms with van der Waals surface area (Å²) in [5.41, 5.74) is 0. The molecule has 0 spiro atoms. The Kier molecular flexibility index (Phi) is 10.6. The lowest BCUT2D eigenvalue weighted by Crippen LogP contribution is -2.42. The Morgan fingerprint density at radius 3 is 2.52 bits per heavy atom. The molecule has 2 rings (SSSR count). The molecular weight excluding hydrogens is 309 g/mol. The van der Waals surface area contributed by atoms with Gasteiger partial charge in [0.05, 0.1) is 5.92 Å². The molecule has 21 heavy (non-hydrogen) atoms. The zero-order valence-corrected chi connectivity index (χ0v) is 15.0. The molecule has 2 fully saturated rings. The Hall–Kier alpha value is -0.0300. The highest BCUT2D eigenvalue weighted by atomic mass is 35.5. The summed E-state index contributed by atoms with van der Waals surface area (Å²) in [6.07, 6.45) is 3.40. The number of carbonyl (C=O) groups excluding carboxylic acids is 1. The molecule has 2 unspecified atom stereocenters. The number of hydrogen-bond donors (Lipinski definition) is 1. The lowest BCUT2D eigenvalue weighted by Gasteiger charge is -2.27. The van der Waals surface area contributed by atoms with Gasteiger partial charge in [-0.05, 0) is 44.8 Å². The van der Waals surface area contributed by atoms with Gasteiger partial charge in [-0.3, -0.25) is 4.79 Å². The Morgan fingerprint density at radius 1 is 1.24 bits per heavy atom. The van der Waals surface area contributed by atoms with Crippen molar-refractivity contribution in [2.75, 3.05) is 45.8 Å². The van der Waals surface area contributed by atoms with E-state index in [0.717, 1.165) is 58.7 Å². The van der Waals surface area contributed by atoms with Gasteiger partial charge in [-0.1, -0.05) is 13.8 Å². The van der Waals surface area contributed by atoms with Gasteiger partial charge in [0, 0.05) is 26.2 Å². The normalized spacial score (nSPS) is 25.4.